The normalized spacial score (nSPS) is 15.1. The van der Waals surface area contributed by atoms with E-state index in [9.17, 15) is 14.9 Å². The van der Waals surface area contributed by atoms with Gasteiger partial charge in [0.2, 0.25) is 5.91 Å². The predicted octanol–water partition coefficient (Wildman–Crippen LogP) is 1.50. The second kappa shape index (κ2) is 7.22. The Balaban J connectivity index is 2.11. The van der Waals surface area contributed by atoms with E-state index in [-0.39, 0.29) is 29.1 Å². The van der Waals surface area contributed by atoms with Crippen molar-refractivity contribution in [2.75, 3.05) is 31.7 Å². The molecule has 0 saturated carbocycles. The van der Waals surface area contributed by atoms with Crippen LogP contribution in [0.5, 0.6) is 0 Å². The molecule has 1 amide bonds. The molecule has 0 bridgehead atoms. The van der Waals surface area contributed by atoms with Crippen molar-refractivity contribution in [2.45, 2.75) is 25.8 Å². The number of nitro benzene ring substituents is 1. The molecule has 1 aromatic rings. The molecular formula is C15H21N3O4. The number of benzene rings is 1. The summed E-state index contributed by atoms with van der Waals surface area (Å²) in [5, 5.41) is 14.0. The molecule has 1 atom stereocenters. The minimum absolute atomic E-state index is 0.0631. The number of hydrogen-bond acceptors (Lipinski definition) is 5. The molecule has 0 fully saturated rings. The Morgan fingerprint density at radius 3 is 3.00 bits per heavy atom. The maximum atomic E-state index is 12.1. The van der Waals surface area contributed by atoms with Crippen molar-refractivity contribution in [3.63, 3.8) is 0 Å². The van der Waals surface area contributed by atoms with Crippen molar-refractivity contribution in [2.24, 2.45) is 0 Å². The number of fused-ring (bicyclic) bond motifs is 1. The predicted molar refractivity (Wildman–Crippen MR) is 83.1 cm³/mol. The van der Waals surface area contributed by atoms with Gasteiger partial charge in [-0.2, -0.15) is 0 Å². The smallest absolute Gasteiger partial charge is 0.274 e. The highest BCUT2D eigenvalue weighted by Crippen LogP contribution is 2.33. The van der Waals surface area contributed by atoms with Gasteiger partial charge in [-0.25, -0.2) is 0 Å². The van der Waals surface area contributed by atoms with E-state index in [1.807, 2.05) is 17.9 Å². The zero-order chi connectivity index (χ0) is 16.1. The minimum Gasteiger partial charge on any atom is -0.383 e. The summed E-state index contributed by atoms with van der Waals surface area (Å²) in [6.45, 7) is 3.24. The molecule has 1 heterocycles. The molecule has 1 aromatic carbocycles. The van der Waals surface area contributed by atoms with Crippen molar-refractivity contribution < 1.29 is 14.5 Å². The molecule has 1 aliphatic rings. The van der Waals surface area contributed by atoms with Crippen molar-refractivity contribution in [3.05, 3.63) is 33.9 Å². The molecule has 2 rings (SSSR count). The van der Waals surface area contributed by atoms with Crippen LogP contribution in [0.3, 0.4) is 0 Å². The van der Waals surface area contributed by atoms with E-state index in [0.29, 0.717) is 13.0 Å². The van der Waals surface area contributed by atoms with Crippen LogP contribution in [-0.4, -0.2) is 43.7 Å². The largest absolute Gasteiger partial charge is 0.383 e. The molecule has 7 heteroatoms. The average Bonchev–Trinajstić information content (AvgIpc) is 2.46. The first kappa shape index (κ1) is 16.2. The summed E-state index contributed by atoms with van der Waals surface area (Å²) in [7, 11) is 1.59. The second-order valence-electron chi connectivity index (χ2n) is 5.48. The molecular weight excluding hydrogens is 286 g/mol. The van der Waals surface area contributed by atoms with E-state index in [2.05, 4.69) is 5.32 Å². The number of hydrogen-bond donors (Lipinski definition) is 1. The first-order valence-corrected chi connectivity index (χ1v) is 7.32. The molecule has 22 heavy (non-hydrogen) atoms. The number of carbonyl (C=O) groups excluding carboxylic acids is 1. The maximum absolute atomic E-state index is 12.1. The van der Waals surface area contributed by atoms with Gasteiger partial charge in [-0.1, -0.05) is 6.07 Å². The highest BCUT2D eigenvalue weighted by molar-refractivity contribution is 5.82. The van der Waals surface area contributed by atoms with E-state index in [0.717, 1.165) is 24.2 Å². The van der Waals surface area contributed by atoms with Gasteiger partial charge in [-0.3, -0.25) is 14.9 Å². The summed E-state index contributed by atoms with van der Waals surface area (Å²) in [5.74, 6) is -0.107. The number of nitro groups is 1. The van der Waals surface area contributed by atoms with Gasteiger partial charge >= 0.3 is 0 Å². The fourth-order valence-electron chi connectivity index (χ4n) is 2.80. The lowest BCUT2D eigenvalue weighted by molar-refractivity contribution is -0.385. The molecule has 0 radical (unpaired) electrons. The van der Waals surface area contributed by atoms with Crippen LogP contribution in [0.2, 0.25) is 0 Å². The first-order valence-electron chi connectivity index (χ1n) is 7.32. The van der Waals surface area contributed by atoms with E-state index in [1.165, 1.54) is 6.07 Å². The third-order valence-corrected chi connectivity index (χ3v) is 3.68. The molecule has 0 spiro atoms. The van der Waals surface area contributed by atoms with Gasteiger partial charge in [-0.05, 0) is 25.8 Å². The summed E-state index contributed by atoms with van der Waals surface area (Å²) in [6, 6.07) is 4.96. The lowest BCUT2D eigenvalue weighted by atomic mass is 10.00. The number of amides is 1. The SMILES string of the molecule is COC[C@@H](C)NC(=O)CN1CCCc2c1cccc2[N+](=O)[O-]. The molecule has 0 aliphatic carbocycles. The van der Waals surface area contributed by atoms with E-state index < -0.39 is 0 Å². The lowest BCUT2D eigenvalue weighted by Gasteiger charge is -2.30. The van der Waals surface area contributed by atoms with Crippen LogP contribution >= 0.6 is 0 Å². The Kier molecular flexibility index (Phi) is 5.32. The van der Waals surface area contributed by atoms with E-state index in [1.54, 1.807) is 13.2 Å². The van der Waals surface area contributed by atoms with Gasteiger partial charge in [0.05, 0.1) is 23.6 Å². The van der Waals surface area contributed by atoms with Crippen LogP contribution in [0.25, 0.3) is 0 Å². The number of nitrogens with zero attached hydrogens (tertiary/aromatic N) is 2. The monoisotopic (exact) mass is 307 g/mol. The summed E-state index contributed by atoms with van der Waals surface area (Å²) in [4.78, 5) is 24.7. The van der Waals surface area contributed by atoms with Gasteiger partial charge in [0.1, 0.15) is 0 Å². The summed E-state index contributed by atoms with van der Waals surface area (Å²) in [6.07, 6.45) is 1.48. The molecule has 1 N–H and O–H groups in total. The second-order valence-corrected chi connectivity index (χ2v) is 5.48. The van der Waals surface area contributed by atoms with Crippen molar-refractivity contribution >= 4 is 17.3 Å². The van der Waals surface area contributed by atoms with Crippen molar-refractivity contribution in [1.29, 1.82) is 0 Å². The average molecular weight is 307 g/mol. The Hall–Kier alpha value is -2.15. The van der Waals surface area contributed by atoms with Crippen LogP contribution in [0, 0.1) is 10.1 Å². The number of methoxy groups -OCH3 is 1. The standard InChI is InChI=1S/C15H21N3O4/c1-11(10-22-2)16-15(19)9-17-8-4-5-12-13(17)6-3-7-14(12)18(20)21/h3,6-7,11H,4-5,8-10H2,1-2H3,(H,16,19)/t11-/m1/s1. The Morgan fingerprint density at radius 2 is 2.32 bits per heavy atom. The van der Waals surface area contributed by atoms with Gasteiger partial charge in [-0.15, -0.1) is 0 Å². The zero-order valence-corrected chi connectivity index (χ0v) is 12.9. The van der Waals surface area contributed by atoms with Gasteiger partial charge in [0.15, 0.2) is 0 Å². The topological polar surface area (TPSA) is 84.7 Å². The summed E-state index contributed by atoms with van der Waals surface area (Å²) < 4.78 is 4.99. The first-order chi connectivity index (χ1) is 10.5. The zero-order valence-electron chi connectivity index (χ0n) is 12.9. The maximum Gasteiger partial charge on any atom is 0.274 e. The number of rotatable bonds is 6. The van der Waals surface area contributed by atoms with E-state index in [4.69, 9.17) is 4.74 Å². The Bertz CT molecular complexity index is 562. The number of anilines is 1. The van der Waals surface area contributed by atoms with E-state index >= 15 is 0 Å². The highest BCUT2D eigenvalue weighted by Gasteiger charge is 2.25. The quantitative estimate of drug-likeness (QED) is 0.636. The highest BCUT2D eigenvalue weighted by atomic mass is 16.6. The Morgan fingerprint density at radius 1 is 1.55 bits per heavy atom. The Labute approximate surface area is 129 Å². The van der Waals surface area contributed by atoms with Gasteiger partial charge in [0.25, 0.3) is 5.69 Å². The molecule has 120 valence electrons. The van der Waals surface area contributed by atoms with Gasteiger partial charge in [0, 0.05) is 31.5 Å². The van der Waals surface area contributed by atoms with Crippen molar-refractivity contribution in [3.8, 4) is 0 Å². The fourth-order valence-corrected chi connectivity index (χ4v) is 2.80. The minimum atomic E-state index is -0.358. The molecule has 1 aliphatic heterocycles. The number of carbonyl (C=O) groups is 1. The molecule has 0 unspecified atom stereocenters. The lowest BCUT2D eigenvalue weighted by Crippen LogP contribution is -2.44. The van der Waals surface area contributed by atoms with Crippen LogP contribution < -0.4 is 10.2 Å². The van der Waals surface area contributed by atoms with Gasteiger partial charge < -0.3 is 15.0 Å². The fraction of sp³-hybridized carbons (Fsp3) is 0.533. The third kappa shape index (κ3) is 3.73. The summed E-state index contributed by atoms with van der Waals surface area (Å²) in [5.41, 5.74) is 1.64. The van der Waals surface area contributed by atoms with Crippen LogP contribution in [-0.2, 0) is 16.0 Å². The molecule has 0 aromatic heterocycles. The number of ether oxygens (including phenoxy) is 1. The summed E-state index contributed by atoms with van der Waals surface area (Å²) >= 11 is 0. The van der Waals surface area contributed by atoms with Crippen LogP contribution in [0.4, 0.5) is 11.4 Å². The van der Waals surface area contributed by atoms with Crippen LogP contribution in [0.1, 0.15) is 18.9 Å². The van der Waals surface area contributed by atoms with Crippen molar-refractivity contribution in [1.82, 2.24) is 5.32 Å². The number of nitrogens with one attached hydrogen (secondary N) is 1. The van der Waals surface area contributed by atoms with Crippen LogP contribution in [0.15, 0.2) is 18.2 Å². The molecule has 0 saturated heterocycles. The third-order valence-electron chi connectivity index (χ3n) is 3.68. The molecule has 7 nitrogen and oxygen atoms in total.